The summed E-state index contributed by atoms with van der Waals surface area (Å²) in [5, 5.41) is 9.43. The Bertz CT molecular complexity index is 983. The summed E-state index contributed by atoms with van der Waals surface area (Å²) in [4.78, 5) is 45.0. The van der Waals surface area contributed by atoms with Gasteiger partial charge in [0, 0.05) is 43.4 Å². The van der Waals surface area contributed by atoms with Gasteiger partial charge in [0.15, 0.2) is 0 Å². The standard InChI is InChI=1S/C23H29N5O3S/c1-24-19(29)14-28-11-8-16(9-12-28)26-22(31)20-17-6-2-3-7-18(17)32-23(20)27-21(30)15-5-4-10-25-13-15/h4-5,10,13,16H,2-3,6-9,11-12,14H2,1H3,(H,24,29)(H,26,31)(H,27,30). The lowest BCUT2D eigenvalue weighted by Gasteiger charge is -2.31. The Balaban J connectivity index is 1.46. The van der Waals surface area contributed by atoms with Gasteiger partial charge < -0.3 is 16.0 Å². The molecule has 3 heterocycles. The zero-order valence-corrected chi connectivity index (χ0v) is 19.1. The van der Waals surface area contributed by atoms with E-state index in [0.29, 0.717) is 22.7 Å². The molecule has 1 fully saturated rings. The minimum Gasteiger partial charge on any atom is -0.358 e. The number of likely N-dealkylation sites (N-methyl/N-ethyl adjacent to an activating group) is 1. The molecule has 0 bridgehead atoms. The quantitative estimate of drug-likeness (QED) is 0.620. The van der Waals surface area contributed by atoms with Crippen molar-refractivity contribution in [1.82, 2.24) is 20.5 Å². The maximum absolute atomic E-state index is 13.3. The van der Waals surface area contributed by atoms with Crippen molar-refractivity contribution in [3.63, 3.8) is 0 Å². The van der Waals surface area contributed by atoms with E-state index in [-0.39, 0.29) is 23.8 Å². The average Bonchev–Trinajstić information content (AvgIpc) is 3.18. The minimum absolute atomic E-state index is 0.00591. The molecule has 1 saturated heterocycles. The molecular formula is C23H29N5O3S. The van der Waals surface area contributed by atoms with E-state index in [4.69, 9.17) is 0 Å². The fourth-order valence-electron chi connectivity index (χ4n) is 4.34. The number of aromatic nitrogens is 1. The molecule has 2 aliphatic rings. The van der Waals surface area contributed by atoms with Crippen molar-refractivity contribution in [3.05, 3.63) is 46.1 Å². The van der Waals surface area contributed by atoms with Crippen molar-refractivity contribution >= 4 is 34.1 Å². The van der Waals surface area contributed by atoms with E-state index >= 15 is 0 Å². The molecule has 0 aromatic carbocycles. The number of fused-ring (bicyclic) bond motifs is 1. The summed E-state index contributed by atoms with van der Waals surface area (Å²) < 4.78 is 0. The van der Waals surface area contributed by atoms with Gasteiger partial charge in [-0.2, -0.15) is 0 Å². The van der Waals surface area contributed by atoms with Crippen LogP contribution in [0.4, 0.5) is 5.00 Å². The molecule has 0 saturated carbocycles. The lowest BCUT2D eigenvalue weighted by molar-refractivity contribution is -0.122. The molecular weight excluding hydrogens is 426 g/mol. The third-order valence-corrected chi connectivity index (χ3v) is 7.33. The molecule has 0 unspecified atom stereocenters. The van der Waals surface area contributed by atoms with Gasteiger partial charge in [0.1, 0.15) is 5.00 Å². The van der Waals surface area contributed by atoms with Crippen molar-refractivity contribution in [2.45, 2.75) is 44.6 Å². The number of hydrogen-bond acceptors (Lipinski definition) is 6. The number of piperidine rings is 1. The number of thiophene rings is 1. The molecule has 32 heavy (non-hydrogen) atoms. The zero-order valence-electron chi connectivity index (χ0n) is 18.3. The van der Waals surface area contributed by atoms with Crippen molar-refractivity contribution in [1.29, 1.82) is 0 Å². The summed E-state index contributed by atoms with van der Waals surface area (Å²) in [7, 11) is 1.64. The van der Waals surface area contributed by atoms with Crippen LogP contribution in [0.15, 0.2) is 24.5 Å². The average molecular weight is 456 g/mol. The molecule has 170 valence electrons. The van der Waals surface area contributed by atoms with Gasteiger partial charge in [-0.15, -0.1) is 11.3 Å². The maximum atomic E-state index is 13.3. The van der Waals surface area contributed by atoms with Crippen LogP contribution in [0.2, 0.25) is 0 Å². The van der Waals surface area contributed by atoms with Crippen LogP contribution < -0.4 is 16.0 Å². The highest BCUT2D eigenvalue weighted by Crippen LogP contribution is 2.38. The molecule has 3 amide bonds. The predicted molar refractivity (Wildman–Crippen MR) is 124 cm³/mol. The number of carbonyl (C=O) groups excluding carboxylic acids is 3. The number of nitrogens with zero attached hydrogens (tertiary/aromatic N) is 2. The molecule has 1 aliphatic heterocycles. The first-order chi connectivity index (χ1) is 15.5. The Hall–Kier alpha value is -2.78. The van der Waals surface area contributed by atoms with Crippen LogP contribution in [0.5, 0.6) is 0 Å². The van der Waals surface area contributed by atoms with Crippen molar-refractivity contribution in [2.24, 2.45) is 0 Å². The third kappa shape index (κ3) is 5.16. The summed E-state index contributed by atoms with van der Waals surface area (Å²) in [6, 6.07) is 3.49. The number of nitrogens with one attached hydrogen (secondary N) is 3. The van der Waals surface area contributed by atoms with Crippen LogP contribution in [-0.2, 0) is 17.6 Å². The molecule has 4 rings (SSSR count). The molecule has 2 aromatic heterocycles. The largest absolute Gasteiger partial charge is 0.358 e. The Kier molecular flexibility index (Phi) is 7.16. The van der Waals surface area contributed by atoms with Crippen LogP contribution in [0.25, 0.3) is 0 Å². The SMILES string of the molecule is CNC(=O)CN1CCC(NC(=O)c2c(NC(=O)c3cccnc3)sc3c2CCCC3)CC1. The van der Waals surface area contributed by atoms with Gasteiger partial charge in [-0.3, -0.25) is 24.3 Å². The first-order valence-electron chi connectivity index (χ1n) is 11.1. The second kappa shape index (κ2) is 10.2. The van der Waals surface area contributed by atoms with Gasteiger partial charge in [0.25, 0.3) is 11.8 Å². The summed E-state index contributed by atoms with van der Waals surface area (Å²) in [6.07, 6.45) is 8.71. The van der Waals surface area contributed by atoms with Gasteiger partial charge in [-0.25, -0.2) is 0 Å². The number of hydrogen-bond donors (Lipinski definition) is 3. The number of rotatable bonds is 6. The maximum Gasteiger partial charge on any atom is 0.257 e. The van der Waals surface area contributed by atoms with E-state index in [1.165, 1.54) is 22.4 Å². The first kappa shape index (κ1) is 22.4. The lowest BCUT2D eigenvalue weighted by atomic mass is 9.94. The second-order valence-corrected chi connectivity index (χ2v) is 9.41. The fraction of sp³-hybridized carbons (Fsp3) is 0.478. The normalized spacial score (nSPS) is 16.8. The minimum atomic E-state index is -0.256. The topological polar surface area (TPSA) is 103 Å². The predicted octanol–water partition coefficient (Wildman–Crippen LogP) is 2.21. The smallest absolute Gasteiger partial charge is 0.257 e. The Labute approximate surface area is 191 Å². The molecule has 8 nitrogen and oxygen atoms in total. The van der Waals surface area contributed by atoms with E-state index < -0.39 is 0 Å². The first-order valence-corrected chi connectivity index (χ1v) is 12.0. The van der Waals surface area contributed by atoms with Crippen LogP contribution >= 0.6 is 11.3 Å². The lowest BCUT2D eigenvalue weighted by Crippen LogP contribution is -2.47. The van der Waals surface area contributed by atoms with E-state index in [0.717, 1.165) is 57.2 Å². The zero-order chi connectivity index (χ0) is 22.5. The van der Waals surface area contributed by atoms with Crippen LogP contribution in [-0.4, -0.2) is 60.3 Å². The van der Waals surface area contributed by atoms with Gasteiger partial charge in [-0.05, 0) is 56.2 Å². The molecule has 0 radical (unpaired) electrons. The van der Waals surface area contributed by atoms with Gasteiger partial charge in [-0.1, -0.05) is 0 Å². The number of amides is 3. The van der Waals surface area contributed by atoms with E-state index in [1.807, 2.05) is 0 Å². The van der Waals surface area contributed by atoms with E-state index in [1.54, 1.807) is 25.4 Å². The molecule has 0 atom stereocenters. The Morgan fingerprint density at radius 3 is 2.66 bits per heavy atom. The highest BCUT2D eigenvalue weighted by Gasteiger charge is 2.29. The third-order valence-electron chi connectivity index (χ3n) is 6.12. The number of aryl methyl sites for hydroxylation is 1. The number of pyridine rings is 1. The van der Waals surface area contributed by atoms with Gasteiger partial charge in [0.2, 0.25) is 5.91 Å². The summed E-state index contributed by atoms with van der Waals surface area (Å²) >= 11 is 1.52. The van der Waals surface area contributed by atoms with Gasteiger partial charge in [0.05, 0.1) is 17.7 Å². The van der Waals surface area contributed by atoms with Crippen LogP contribution in [0, 0.1) is 0 Å². The van der Waals surface area contributed by atoms with Crippen molar-refractivity contribution in [3.8, 4) is 0 Å². The van der Waals surface area contributed by atoms with Gasteiger partial charge >= 0.3 is 0 Å². The Morgan fingerprint density at radius 2 is 1.94 bits per heavy atom. The summed E-state index contributed by atoms with van der Waals surface area (Å²) in [6.45, 7) is 1.93. The van der Waals surface area contributed by atoms with Crippen LogP contribution in [0.1, 0.15) is 56.8 Å². The molecule has 3 N–H and O–H groups in total. The van der Waals surface area contributed by atoms with Crippen LogP contribution in [0.3, 0.4) is 0 Å². The number of likely N-dealkylation sites (tertiary alicyclic amines) is 1. The molecule has 2 aromatic rings. The summed E-state index contributed by atoms with van der Waals surface area (Å²) in [5.74, 6) is -0.365. The van der Waals surface area contributed by atoms with E-state index in [2.05, 4.69) is 25.8 Å². The highest BCUT2D eigenvalue weighted by molar-refractivity contribution is 7.17. The number of carbonyl (C=O) groups is 3. The van der Waals surface area contributed by atoms with Crippen molar-refractivity contribution < 1.29 is 14.4 Å². The highest BCUT2D eigenvalue weighted by atomic mass is 32.1. The molecule has 1 aliphatic carbocycles. The van der Waals surface area contributed by atoms with E-state index in [9.17, 15) is 14.4 Å². The summed E-state index contributed by atoms with van der Waals surface area (Å²) in [5.41, 5.74) is 2.17. The fourth-order valence-corrected chi connectivity index (χ4v) is 5.62. The monoisotopic (exact) mass is 455 g/mol. The number of anilines is 1. The molecule has 0 spiro atoms. The molecule has 9 heteroatoms. The Morgan fingerprint density at radius 1 is 1.16 bits per heavy atom. The second-order valence-electron chi connectivity index (χ2n) is 8.31. The van der Waals surface area contributed by atoms with Crippen molar-refractivity contribution in [2.75, 3.05) is 32.0 Å².